The molecule has 0 aliphatic rings. The number of rotatable bonds is 1. The van der Waals surface area contributed by atoms with E-state index in [-0.39, 0.29) is 0 Å². The van der Waals surface area contributed by atoms with E-state index in [1.807, 2.05) is 12.1 Å². The van der Waals surface area contributed by atoms with Gasteiger partial charge in [0.1, 0.15) is 0 Å². The van der Waals surface area contributed by atoms with Crippen LogP contribution in [0.15, 0.2) is 24.5 Å². The van der Waals surface area contributed by atoms with Gasteiger partial charge in [0.15, 0.2) is 0 Å². The average molecular weight is 145 g/mol. The molecule has 1 radical (unpaired) electrons. The van der Waals surface area contributed by atoms with Gasteiger partial charge in [0, 0.05) is 0 Å². The molecule has 2 rings (SSSR count). The van der Waals surface area contributed by atoms with E-state index in [1.54, 1.807) is 6.33 Å². The van der Waals surface area contributed by atoms with E-state index in [0.717, 1.165) is 17.5 Å². The van der Waals surface area contributed by atoms with Crippen molar-refractivity contribution in [3.05, 3.63) is 37.0 Å². The van der Waals surface area contributed by atoms with Crippen LogP contribution in [0.5, 0.6) is 0 Å². The van der Waals surface area contributed by atoms with E-state index in [0.29, 0.717) is 0 Å². The molecule has 1 heterocycles. The molecule has 0 fully saturated rings. The van der Waals surface area contributed by atoms with Crippen LogP contribution in [-0.2, 0) is 6.42 Å². The van der Waals surface area contributed by atoms with Crippen molar-refractivity contribution >= 4 is 11.0 Å². The van der Waals surface area contributed by atoms with Gasteiger partial charge in [-0.15, -0.1) is 0 Å². The Morgan fingerprint density at radius 2 is 2.36 bits per heavy atom. The maximum atomic E-state index is 4.19. The number of nitrogens with one attached hydrogen (secondary N) is 1. The van der Waals surface area contributed by atoms with E-state index >= 15 is 0 Å². The number of nitrogens with zero attached hydrogens (tertiary/aromatic N) is 1. The fraction of sp³-hybridized carbons (Fsp3) is 0.111. The molecule has 2 nitrogen and oxygen atoms in total. The number of H-pyrrole nitrogens is 1. The topological polar surface area (TPSA) is 28.7 Å². The van der Waals surface area contributed by atoms with Gasteiger partial charge in [0.25, 0.3) is 0 Å². The maximum absolute atomic E-state index is 4.19. The molecular weight excluding hydrogens is 136 g/mol. The summed E-state index contributed by atoms with van der Waals surface area (Å²) in [5, 5.41) is 0. The number of benzene rings is 1. The van der Waals surface area contributed by atoms with E-state index in [1.165, 1.54) is 5.56 Å². The fourth-order valence-electron chi connectivity index (χ4n) is 1.23. The standard InChI is InChI=1S/C9H9N2/c1-2-7-4-3-5-8-9(7)11-6-10-8/h3-6H,1-2H2,(H,10,11). The number of imidazole rings is 1. The fourth-order valence-corrected chi connectivity index (χ4v) is 1.23. The van der Waals surface area contributed by atoms with Crippen LogP contribution in [-0.4, -0.2) is 9.97 Å². The lowest BCUT2D eigenvalue weighted by atomic mass is 10.1. The summed E-state index contributed by atoms with van der Waals surface area (Å²) in [4.78, 5) is 7.25. The highest BCUT2D eigenvalue weighted by molar-refractivity contribution is 5.78. The molecule has 1 N–H and O–H groups in total. The van der Waals surface area contributed by atoms with Crippen molar-refractivity contribution in [2.45, 2.75) is 6.42 Å². The lowest BCUT2D eigenvalue weighted by Crippen LogP contribution is -1.81. The number of para-hydroxylation sites is 1. The minimum absolute atomic E-state index is 0.794. The predicted octanol–water partition coefficient (Wildman–Crippen LogP) is 1.94. The molecular formula is C9H9N2. The van der Waals surface area contributed by atoms with Gasteiger partial charge in [0.2, 0.25) is 0 Å². The van der Waals surface area contributed by atoms with Gasteiger partial charge in [-0.2, -0.15) is 0 Å². The molecule has 2 heteroatoms. The molecule has 0 aliphatic carbocycles. The number of fused-ring (bicyclic) bond motifs is 1. The largest absolute Gasteiger partial charge is 0.345 e. The normalized spacial score (nSPS) is 10.6. The lowest BCUT2D eigenvalue weighted by Gasteiger charge is -1.95. The molecule has 1 aromatic heterocycles. The first-order chi connectivity index (χ1) is 5.42. The van der Waals surface area contributed by atoms with E-state index in [9.17, 15) is 0 Å². The van der Waals surface area contributed by atoms with Gasteiger partial charge in [-0.1, -0.05) is 12.1 Å². The smallest absolute Gasteiger partial charge is 0.0931 e. The molecule has 2 aromatic rings. The third-order valence-electron chi connectivity index (χ3n) is 1.80. The number of hydrogen-bond acceptors (Lipinski definition) is 1. The molecule has 0 unspecified atom stereocenters. The molecule has 0 spiro atoms. The van der Waals surface area contributed by atoms with Crippen molar-refractivity contribution in [1.29, 1.82) is 0 Å². The summed E-state index contributed by atoms with van der Waals surface area (Å²) < 4.78 is 0. The van der Waals surface area contributed by atoms with Crippen LogP contribution >= 0.6 is 0 Å². The second-order valence-electron chi connectivity index (χ2n) is 2.47. The SMILES string of the molecule is [CH2]Cc1cccc2[nH]cnc12. The first-order valence-electron chi connectivity index (χ1n) is 3.62. The summed E-state index contributed by atoms with van der Waals surface area (Å²) in [6.45, 7) is 3.83. The average Bonchev–Trinajstić information content (AvgIpc) is 2.50. The molecule has 11 heavy (non-hydrogen) atoms. The molecule has 0 aliphatic heterocycles. The van der Waals surface area contributed by atoms with Gasteiger partial charge in [-0.05, 0) is 25.0 Å². The third kappa shape index (κ3) is 0.909. The third-order valence-corrected chi connectivity index (χ3v) is 1.80. The Morgan fingerprint density at radius 1 is 1.45 bits per heavy atom. The minimum Gasteiger partial charge on any atom is -0.345 e. The Labute approximate surface area is 65.3 Å². The second-order valence-corrected chi connectivity index (χ2v) is 2.47. The molecule has 0 atom stereocenters. The van der Waals surface area contributed by atoms with Crippen molar-refractivity contribution in [1.82, 2.24) is 9.97 Å². The first-order valence-corrected chi connectivity index (χ1v) is 3.62. The van der Waals surface area contributed by atoms with Crippen molar-refractivity contribution in [3.8, 4) is 0 Å². The molecule has 55 valence electrons. The highest BCUT2D eigenvalue weighted by atomic mass is 14.9. The van der Waals surface area contributed by atoms with E-state index < -0.39 is 0 Å². The number of aromatic amines is 1. The molecule has 0 saturated carbocycles. The zero-order chi connectivity index (χ0) is 7.68. The summed E-state index contributed by atoms with van der Waals surface area (Å²) >= 11 is 0. The van der Waals surface area contributed by atoms with Crippen LogP contribution in [0.4, 0.5) is 0 Å². The Hall–Kier alpha value is -1.31. The van der Waals surface area contributed by atoms with Crippen molar-refractivity contribution < 1.29 is 0 Å². The van der Waals surface area contributed by atoms with Crippen molar-refractivity contribution in [2.24, 2.45) is 0 Å². The monoisotopic (exact) mass is 145 g/mol. The summed E-state index contributed by atoms with van der Waals surface area (Å²) in [6, 6.07) is 6.08. The van der Waals surface area contributed by atoms with Gasteiger partial charge < -0.3 is 4.98 Å². The van der Waals surface area contributed by atoms with E-state index in [4.69, 9.17) is 0 Å². The Kier molecular flexibility index (Phi) is 1.39. The van der Waals surface area contributed by atoms with Crippen molar-refractivity contribution in [2.75, 3.05) is 0 Å². The Bertz CT molecular complexity index is 362. The zero-order valence-electron chi connectivity index (χ0n) is 6.17. The lowest BCUT2D eigenvalue weighted by molar-refractivity contribution is 1.27. The highest BCUT2D eigenvalue weighted by Gasteiger charge is 1.98. The van der Waals surface area contributed by atoms with Crippen LogP contribution in [0.2, 0.25) is 0 Å². The van der Waals surface area contributed by atoms with Gasteiger partial charge in [0.05, 0.1) is 17.4 Å². The van der Waals surface area contributed by atoms with Crippen molar-refractivity contribution in [3.63, 3.8) is 0 Å². The first kappa shape index (κ1) is 6.40. The van der Waals surface area contributed by atoms with Gasteiger partial charge in [-0.3, -0.25) is 0 Å². The summed E-state index contributed by atoms with van der Waals surface area (Å²) in [5.74, 6) is 0. The van der Waals surface area contributed by atoms with Gasteiger partial charge in [-0.25, -0.2) is 4.98 Å². The van der Waals surface area contributed by atoms with Crippen LogP contribution in [0.25, 0.3) is 11.0 Å². The minimum atomic E-state index is 0.794. The molecule has 0 saturated heterocycles. The summed E-state index contributed by atoms with van der Waals surface area (Å²) in [5.41, 5.74) is 3.33. The zero-order valence-corrected chi connectivity index (χ0v) is 6.17. The predicted molar refractivity (Wildman–Crippen MR) is 45.2 cm³/mol. The molecule has 1 aromatic carbocycles. The molecule has 0 bridgehead atoms. The van der Waals surface area contributed by atoms with Crippen LogP contribution in [0.3, 0.4) is 0 Å². The quantitative estimate of drug-likeness (QED) is 0.652. The summed E-state index contributed by atoms with van der Waals surface area (Å²) in [7, 11) is 0. The highest BCUT2D eigenvalue weighted by Crippen LogP contribution is 2.13. The second kappa shape index (κ2) is 2.38. The Balaban J connectivity index is 2.79. The Morgan fingerprint density at radius 3 is 3.18 bits per heavy atom. The number of aromatic nitrogens is 2. The maximum Gasteiger partial charge on any atom is 0.0931 e. The summed E-state index contributed by atoms with van der Waals surface area (Å²) in [6.07, 6.45) is 2.51. The molecule has 0 amide bonds. The van der Waals surface area contributed by atoms with E-state index in [2.05, 4.69) is 23.0 Å². The van der Waals surface area contributed by atoms with Gasteiger partial charge >= 0.3 is 0 Å². The van der Waals surface area contributed by atoms with Crippen LogP contribution < -0.4 is 0 Å². The van der Waals surface area contributed by atoms with Crippen LogP contribution in [0.1, 0.15) is 5.56 Å². The number of hydrogen-bond donors (Lipinski definition) is 1. The van der Waals surface area contributed by atoms with Crippen LogP contribution in [0, 0.1) is 6.92 Å².